The molecule has 96 valence electrons. The SMILES string of the molecule is CCC[C@H](NC(=O)OC(C)(C)C)[C@H](O)CO. The van der Waals surface area contributed by atoms with E-state index >= 15 is 0 Å². The largest absolute Gasteiger partial charge is 0.444 e. The third-order valence-electron chi connectivity index (χ3n) is 1.95. The zero-order valence-corrected chi connectivity index (χ0v) is 10.5. The van der Waals surface area contributed by atoms with Crippen LogP contribution >= 0.6 is 0 Å². The van der Waals surface area contributed by atoms with Gasteiger partial charge in [0.1, 0.15) is 5.60 Å². The summed E-state index contributed by atoms with van der Waals surface area (Å²) in [4.78, 5) is 11.4. The molecule has 3 N–H and O–H groups in total. The van der Waals surface area contributed by atoms with Gasteiger partial charge in [-0.25, -0.2) is 4.79 Å². The Labute approximate surface area is 96.8 Å². The minimum atomic E-state index is -0.951. The quantitative estimate of drug-likeness (QED) is 0.662. The summed E-state index contributed by atoms with van der Waals surface area (Å²) < 4.78 is 5.07. The van der Waals surface area contributed by atoms with Crippen molar-refractivity contribution in [3.05, 3.63) is 0 Å². The number of ether oxygens (including phenoxy) is 1. The molecule has 0 bridgehead atoms. The first-order chi connectivity index (χ1) is 7.30. The van der Waals surface area contributed by atoms with Crippen LogP contribution in [-0.4, -0.2) is 40.7 Å². The van der Waals surface area contributed by atoms with E-state index in [1.54, 1.807) is 20.8 Å². The highest BCUT2D eigenvalue weighted by molar-refractivity contribution is 5.68. The van der Waals surface area contributed by atoms with Crippen molar-refractivity contribution >= 4 is 6.09 Å². The van der Waals surface area contributed by atoms with Crippen molar-refractivity contribution in [2.45, 2.75) is 58.3 Å². The van der Waals surface area contributed by atoms with Gasteiger partial charge in [-0.1, -0.05) is 13.3 Å². The molecular weight excluding hydrogens is 210 g/mol. The number of rotatable bonds is 5. The number of carbonyl (C=O) groups excluding carboxylic acids is 1. The lowest BCUT2D eigenvalue weighted by atomic mass is 10.1. The number of nitrogens with one attached hydrogen (secondary N) is 1. The smallest absolute Gasteiger partial charge is 0.407 e. The lowest BCUT2D eigenvalue weighted by molar-refractivity contribution is 0.0305. The first-order valence-electron chi connectivity index (χ1n) is 5.58. The maximum absolute atomic E-state index is 11.4. The van der Waals surface area contributed by atoms with E-state index in [1.807, 2.05) is 6.92 Å². The van der Waals surface area contributed by atoms with E-state index in [4.69, 9.17) is 9.84 Å². The summed E-state index contributed by atoms with van der Waals surface area (Å²) in [5.74, 6) is 0. The van der Waals surface area contributed by atoms with Crippen LogP contribution in [-0.2, 0) is 4.74 Å². The molecule has 16 heavy (non-hydrogen) atoms. The highest BCUT2D eigenvalue weighted by Crippen LogP contribution is 2.08. The van der Waals surface area contributed by atoms with Crippen LogP contribution in [0.15, 0.2) is 0 Å². The fourth-order valence-electron chi connectivity index (χ4n) is 1.26. The number of hydrogen-bond acceptors (Lipinski definition) is 4. The molecule has 0 saturated heterocycles. The summed E-state index contributed by atoms with van der Waals surface area (Å²) in [5.41, 5.74) is -0.564. The van der Waals surface area contributed by atoms with Gasteiger partial charge in [0.05, 0.1) is 18.8 Å². The molecule has 2 atom stereocenters. The first kappa shape index (κ1) is 15.2. The summed E-state index contributed by atoms with van der Waals surface area (Å²) >= 11 is 0. The van der Waals surface area contributed by atoms with E-state index in [0.29, 0.717) is 6.42 Å². The number of alkyl carbamates (subject to hydrolysis) is 1. The fraction of sp³-hybridized carbons (Fsp3) is 0.909. The van der Waals surface area contributed by atoms with Gasteiger partial charge in [0.2, 0.25) is 0 Å². The second-order valence-corrected chi connectivity index (χ2v) is 4.79. The van der Waals surface area contributed by atoms with Crippen LogP contribution in [0.4, 0.5) is 4.79 Å². The molecule has 0 saturated carbocycles. The topological polar surface area (TPSA) is 78.8 Å². The Bertz CT molecular complexity index is 213. The van der Waals surface area contributed by atoms with Crippen molar-refractivity contribution in [1.29, 1.82) is 0 Å². The standard InChI is InChI=1S/C11H23NO4/c1-5-6-8(9(14)7-13)12-10(15)16-11(2,3)4/h8-9,13-14H,5-7H2,1-4H3,(H,12,15)/t8-,9+/m0/s1. The van der Waals surface area contributed by atoms with Crippen molar-refractivity contribution in [2.75, 3.05) is 6.61 Å². The van der Waals surface area contributed by atoms with Gasteiger partial charge in [0.15, 0.2) is 0 Å². The molecule has 1 amide bonds. The maximum Gasteiger partial charge on any atom is 0.407 e. The van der Waals surface area contributed by atoms with Crippen molar-refractivity contribution in [2.24, 2.45) is 0 Å². The van der Waals surface area contributed by atoms with Gasteiger partial charge in [-0.3, -0.25) is 0 Å². The van der Waals surface area contributed by atoms with Gasteiger partial charge < -0.3 is 20.3 Å². The third-order valence-corrected chi connectivity index (χ3v) is 1.95. The maximum atomic E-state index is 11.4. The van der Waals surface area contributed by atoms with E-state index in [0.717, 1.165) is 6.42 Å². The summed E-state index contributed by atoms with van der Waals surface area (Å²) in [6, 6.07) is -0.468. The molecule has 0 heterocycles. The average molecular weight is 233 g/mol. The predicted octanol–water partition coefficient (Wildman–Crippen LogP) is 1.03. The van der Waals surface area contributed by atoms with Gasteiger partial charge in [0.25, 0.3) is 0 Å². The fourth-order valence-corrected chi connectivity index (χ4v) is 1.26. The highest BCUT2D eigenvalue weighted by Gasteiger charge is 2.23. The third kappa shape index (κ3) is 6.63. The van der Waals surface area contributed by atoms with Crippen molar-refractivity contribution in [3.63, 3.8) is 0 Å². The second kappa shape index (κ2) is 6.70. The van der Waals surface area contributed by atoms with Gasteiger partial charge in [-0.05, 0) is 27.2 Å². The minimum absolute atomic E-state index is 0.375. The molecule has 0 aliphatic rings. The van der Waals surface area contributed by atoms with E-state index in [1.165, 1.54) is 0 Å². The number of aliphatic hydroxyl groups is 2. The normalized spacial score (nSPS) is 15.4. The molecule has 0 rings (SSSR count). The summed E-state index contributed by atoms with van der Waals surface area (Å²) in [7, 11) is 0. The molecule has 0 radical (unpaired) electrons. The summed E-state index contributed by atoms with van der Waals surface area (Å²) in [6.07, 6.45) is -0.121. The number of carbonyl (C=O) groups is 1. The van der Waals surface area contributed by atoms with Crippen LogP contribution in [0.25, 0.3) is 0 Å². The first-order valence-corrected chi connectivity index (χ1v) is 5.58. The molecule has 0 fully saturated rings. The van der Waals surface area contributed by atoms with Gasteiger partial charge in [-0.2, -0.15) is 0 Å². The van der Waals surface area contributed by atoms with Gasteiger partial charge in [-0.15, -0.1) is 0 Å². The Balaban J connectivity index is 4.23. The van der Waals surface area contributed by atoms with Crippen LogP contribution in [0.2, 0.25) is 0 Å². The predicted molar refractivity (Wildman–Crippen MR) is 61.2 cm³/mol. The Morgan fingerprint density at radius 2 is 2.00 bits per heavy atom. The van der Waals surface area contributed by atoms with E-state index in [-0.39, 0.29) is 6.61 Å². The van der Waals surface area contributed by atoms with Crippen molar-refractivity contribution < 1.29 is 19.7 Å². The van der Waals surface area contributed by atoms with Crippen LogP contribution in [0, 0.1) is 0 Å². The molecule has 5 nitrogen and oxygen atoms in total. The van der Waals surface area contributed by atoms with Crippen LogP contribution in [0.1, 0.15) is 40.5 Å². The molecule has 0 spiro atoms. The Kier molecular flexibility index (Phi) is 6.36. The van der Waals surface area contributed by atoms with Gasteiger partial charge in [0, 0.05) is 0 Å². The molecule has 0 aliphatic heterocycles. The Hall–Kier alpha value is -0.810. The number of hydrogen-bond donors (Lipinski definition) is 3. The number of aliphatic hydroxyl groups excluding tert-OH is 2. The zero-order valence-electron chi connectivity index (χ0n) is 10.5. The Morgan fingerprint density at radius 1 is 1.44 bits per heavy atom. The molecule has 0 unspecified atom stereocenters. The lowest BCUT2D eigenvalue weighted by Gasteiger charge is -2.25. The molecule has 0 aromatic carbocycles. The summed E-state index contributed by atoms with van der Waals surface area (Å²) in [6.45, 7) is 6.87. The minimum Gasteiger partial charge on any atom is -0.444 e. The van der Waals surface area contributed by atoms with Crippen LogP contribution in [0.5, 0.6) is 0 Å². The van der Waals surface area contributed by atoms with Crippen molar-refractivity contribution in [3.8, 4) is 0 Å². The van der Waals surface area contributed by atoms with E-state index < -0.39 is 23.8 Å². The zero-order chi connectivity index (χ0) is 12.8. The van der Waals surface area contributed by atoms with Gasteiger partial charge >= 0.3 is 6.09 Å². The van der Waals surface area contributed by atoms with Crippen molar-refractivity contribution in [1.82, 2.24) is 5.32 Å². The second-order valence-electron chi connectivity index (χ2n) is 4.79. The van der Waals surface area contributed by atoms with E-state index in [9.17, 15) is 9.90 Å². The van der Waals surface area contributed by atoms with Crippen LogP contribution < -0.4 is 5.32 Å². The Morgan fingerprint density at radius 3 is 2.38 bits per heavy atom. The lowest BCUT2D eigenvalue weighted by Crippen LogP contribution is -2.46. The molecule has 0 aromatic rings. The molecular formula is C11H23NO4. The average Bonchev–Trinajstić information content (AvgIpc) is 2.13. The summed E-state index contributed by atoms with van der Waals surface area (Å²) in [5, 5.41) is 20.9. The monoisotopic (exact) mass is 233 g/mol. The molecule has 0 aromatic heterocycles. The van der Waals surface area contributed by atoms with E-state index in [2.05, 4.69) is 5.32 Å². The highest BCUT2D eigenvalue weighted by atomic mass is 16.6. The number of amides is 1. The molecule has 5 heteroatoms. The molecule has 0 aliphatic carbocycles. The van der Waals surface area contributed by atoms with Crippen LogP contribution in [0.3, 0.4) is 0 Å².